The normalized spacial score (nSPS) is 25.9. The lowest BCUT2D eigenvalue weighted by Gasteiger charge is -2.36. The first-order chi connectivity index (χ1) is 15.0. The summed E-state index contributed by atoms with van der Waals surface area (Å²) >= 11 is 0. The zero-order valence-corrected chi connectivity index (χ0v) is 19.2. The first-order valence-corrected chi connectivity index (χ1v) is 11.6. The molecular formula is C24H36N4O3. The van der Waals surface area contributed by atoms with Crippen LogP contribution in [-0.2, 0) is 9.59 Å². The maximum Gasteiger partial charge on any atom is 0.231 e. The highest BCUT2D eigenvalue weighted by Crippen LogP contribution is 2.41. The van der Waals surface area contributed by atoms with Crippen LogP contribution in [-0.4, -0.2) is 41.4 Å². The van der Waals surface area contributed by atoms with E-state index in [-0.39, 0.29) is 35.2 Å². The first-order valence-electron chi connectivity index (χ1n) is 11.6. The van der Waals surface area contributed by atoms with Crippen LogP contribution in [0.1, 0.15) is 71.4 Å². The summed E-state index contributed by atoms with van der Waals surface area (Å²) in [4.78, 5) is 31.7. The van der Waals surface area contributed by atoms with E-state index >= 15 is 0 Å². The van der Waals surface area contributed by atoms with Crippen LogP contribution in [0.15, 0.2) is 29.3 Å². The van der Waals surface area contributed by atoms with Crippen LogP contribution >= 0.6 is 0 Å². The van der Waals surface area contributed by atoms with Crippen LogP contribution in [0.4, 0.5) is 0 Å². The molecular weight excluding hydrogens is 392 g/mol. The van der Waals surface area contributed by atoms with E-state index in [0.29, 0.717) is 25.5 Å². The molecule has 2 heterocycles. The Morgan fingerprint density at radius 3 is 2.68 bits per heavy atom. The fraction of sp³-hybridized carbons (Fsp3) is 0.625. The number of aliphatic imine (C=N–C) groups is 1. The van der Waals surface area contributed by atoms with Gasteiger partial charge in [0.2, 0.25) is 11.8 Å². The monoisotopic (exact) mass is 428 g/mol. The van der Waals surface area contributed by atoms with Gasteiger partial charge in [0.05, 0.1) is 24.6 Å². The number of carbonyl (C=O) groups is 2. The SMILES string of the molecule is CC.CCC1(CC)CC(=O)N(C[C@H]2CC2C(=O)N[C@H]2CCOc3ccccc32)C(N)=N1. The number of nitrogens with zero attached hydrogens (tertiary/aromatic N) is 2. The highest BCUT2D eigenvalue weighted by Gasteiger charge is 2.47. The van der Waals surface area contributed by atoms with Crippen molar-refractivity contribution in [3.05, 3.63) is 29.8 Å². The zero-order valence-electron chi connectivity index (χ0n) is 19.2. The second-order valence-electron chi connectivity index (χ2n) is 8.42. The Balaban J connectivity index is 0.00000132. The number of ether oxygens (including phenoxy) is 1. The third-order valence-corrected chi connectivity index (χ3v) is 6.68. The van der Waals surface area contributed by atoms with E-state index in [1.165, 1.54) is 0 Å². The summed E-state index contributed by atoms with van der Waals surface area (Å²) in [5.74, 6) is 1.27. The summed E-state index contributed by atoms with van der Waals surface area (Å²) in [6.45, 7) is 9.15. The van der Waals surface area contributed by atoms with Gasteiger partial charge in [-0.15, -0.1) is 0 Å². The van der Waals surface area contributed by atoms with Crippen LogP contribution in [0.5, 0.6) is 5.75 Å². The van der Waals surface area contributed by atoms with Crippen molar-refractivity contribution >= 4 is 17.8 Å². The number of nitrogens with two attached hydrogens (primary N) is 1. The molecule has 1 aromatic carbocycles. The molecule has 3 aliphatic rings. The number of hydrogen-bond donors (Lipinski definition) is 2. The number of guanidine groups is 1. The van der Waals surface area contributed by atoms with Gasteiger partial charge in [-0.25, -0.2) is 4.99 Å². The van der Waals surface area contributed by atoms with Crippen molar-refractivity contribution in [3.63, 3.8) is 0 Å². The summed E-state index contributed by atoms with van der Waals surface area (Å²) in [6, 6.07) is 7.81. The van der Waals surface area contributed by atoms with E-state index in [1.807, 2.05) is 52.0 Å². The van der Waals surface area contributed by atoms with Gasteiger partial charge in [0.15, 0.2) is 5.96 Å². The van der Waals surface area contributed by atoms with Crippen LogP contribution < -0.4 is 15.8 Å². The van der Waals surface area contributed by atoms with E-state index in [2.05, 4.69) is 10.3 Å². The number of rotatable bonds is 6. The van der Waals surface area contributed by atoms with Crippen LogP contribution in [0.25, 0.3) is 0 Å². The molecule has 1 saturated carbocycles. The second-order valence-corrected chi connectivity index (χ2v) is 8.42. The van der Waals surface area contributed by atoms with Crippen LogP contribution in [0.2, 0.25) is 0 Å². The summed E-state index contributed by atoms with van der Waals surface area (Å²) in [5.41, 5.74) is 6.80. The molecule has 0 radical (unpaired) electrons. The fourth-order valence-electron chi connectivity index (χ4n) is 4.48. The molecule has 4 rings (SSSR count). The number of amides is 2. The van der Waals surface area contributed by atoms with Crippen molar-refractivity contribution in [3.8, 4) is 5.75 Å². The molecule has 3 N–H and O–H groups in total. The zero-order chi connectivity index (χ0) is 22.6. The maximum atomic E-state index is 12.8. The van der Waals surface area contributed by atoms with Gasteiger partial charge in [-0.3, -0.25) is 14.5 Å². The van der Waals surface area contributed by atoms with Crippen molar-refractivity contribution in [1.82, 2.24) is 10.2 Å². The van der Waals surface area contributed by atoms with Crippen LogP contribution in [0, 0.1) is 11.8 Å². The molecule has 0 spiro atoms. The molecule has 1 unspecified atom stereocenters. The summed E-state index contributed by atoms with van der Waals surface area (Å²) in [5, 5.41) is 3.17. The van der Waals surface area contributed by atoms with Crippen molar-refractivity contribution in [2.45, 2.75) is 71.4 Å². The Bertz CT molecular complexity index is 834. The van der Waals surface area contributed by atoms with Gasteiger partial charge in [0, 0.05) is 24.4 Å². The molecule has 170 valence electrons. The van der Waals surface area contributed by atoms with Gasteiger partial charge in [-0.05, 0) is 31.2 Å². The van der Waals surface area contributed by atoms with Gasteiger partial charge in [-0.1, -0.05) is 45.9 Å². The molecule has 0 saturated heterocycles. The number of fused-ring (bicyclic) bond motifs is 1. The van der Waals surface area contributed by atoms with Crippen LogP contribution in [0.3, 0.4) is 0 Å². The third kappa shape index (κ3) is 4.86. The van der Waals surface area contributed by atoms with Gasteiger partial charge in [-0.2, -0.15) is 0 Å². The van der Waals surface area contributed by atoms with E-state index in [4.69, 9.17) is 10.5 Å². The number of benzene rings is 1. The average Bonchev–Trinajstić information content (AvgIpc) is 3.57. The van der Waals surface area contributed by atoms with Crippen molar-refractivity contribution in [2.24, 2.45) is 22.6 Å². The molecule has 0 aromatic heterocycles. The predicted octanol–water partition coefficient (Wildman–Crippen LogP) is 3.39. The van der Waals surface area contributed by atoms with E-state index in [9.17, 15) is 9.59 Å². The number of carbonyl (C=O) groups excluding carboxylic acids is 2. The molecule has 2 amide bonds. The predicted molar refractivity (Wildman–Crippen MR) is 122 cm³/mol. The molecule has 2 aliphatic heterocycles. The Morgan fingerprint density at radius 2 is 2.00 bits per heavy atom. The molecule has 3 atom stereocenters. The quantitative estimate of drug-likeness (QED) is 0.726. The topological polar surface area (TPSA) is 97.0 Å². The molecule has 1 fully saturated rings. The largest absolute Gasteiger partial charge is 0.493 e. The minimum absolute atomic E-state index is 0.0191. The number of para-hydroxylation sites is 1. The molecule has 1 aromatic rings. The summed E-state index contributed by atoms with van der Waals surface area (Å²) < 4.78 is 5.67. The Kier molecular flexibility index (Phi) is 7.23. The van der Waals surface area contributed by atoms with Crippen molar-refractivity contribution in [1.29, 1.82) is 0 Å². The van der Waals surface area contributed by atoms with Crippen molar-refractivity contribution < 1.29 is 14.3 Å². The lowest BCUT2D eigenvalue weighted by Crippen LogP contribution is -2.52. The molecule has 31 heavy (non-hydrogen) atoms. The molecule has 7 nitrogen and oxygen atoms in total. The molecule has 7 heteroatoms. The van der Waals surface area contributed by atoms with Gasteiger partial charge in [0.1, 0.15) is 5.75 Å². The van der Waals surface area contributed by atoms with Gasteiger partial charge in [0.25, 0.3) is 0 Å². The Morgan fingerprint density at radius 1 is 1.29 bits per heavy atom. The van der Waals surface area contributed by atoms with E-state index in [0.717, 1.165) is 37.0 Å². The number of hydrogen-bond acceptors (Lipinski definition) is 5. The fourth-order valence-corrected chi connectivity index (χ4v) is 4.48. The van der Waals surface area contributed by atoms with E-state index < -0.39 is 0 Å². The molecule has 1 aliphatic carbocycles. The molecule has 0 bridgehead atoms. The van der Waals surface area contributed by atoms with Gasteiger partial charge < -0.3 is 15.8 Å². The number of nitrogens with one attached hydrogen (secondary N) is 1. The maximum absolute atomic E-state index is 12.8. The van der Waals surface area contributed by atoms with Gasteiger partial charge >= 0.3 is 0 Å². The lowest BCUT2D eigenvalue weighted by molar-refractivity contribution is -0.130. The van der Waals surface area contributed by atoms with Crippen molar-refractivity contribution in [2.75, 3.05) is 13.2 Å². The minimum Gasteiger partial charge on any atom is -0.493 e. The van der Waals surface area contributed by atoms with E-state index in [1.54, 1.807) is 4.90 Å². The smallest absolute Gasteiger partial charge is 0.231 e. The summed E-state index contributed by atoms with van der Waals surface area (Å²) in [6.07, 6.45) is 3.53. The Hall–Kier alpha value is -2.57. The highest BCUT2D eigenvalue weighted by atomic mass is 16.5. The first kappa shape index (κ1) is 23.1. The lowest BCUT2D eigenvalue weighted by atomic mass is 9.88. The minimum atomic E-state index is -0.367. The standard InChI is InChI=1S/C22H30N4O3.C2H6/c1-3-22(4-2)12-19(27)26(21(23)25-22)13-14-11-16(14)20(28)24-17-9-10-29-18-8-6-5-7-15(17)18;1-2/h5-8,14,16-17H,3-4,9-13H2,1-2H3,(H2,23,25)(H,24,28);1-2H3/t14-,16?,17+;/m1./s1. The highest BCUT2D eigenvalue weighted by molar-refractivity contribution is 5.99. The average molecular weight is 429 g/mol. The second kappa shape index (κ2) is 9.71. The summed E-state index contributed by atoms with van der Waals surface area (Å²) in [7, 11) is 0. The third-order valence-electron chi connectivity index (χ3n) is 6.68. The Labute approximate surface area is 185 Å².